The third-order valence-electron chi connectivity index (χ3n) is 5.75. The highest BCUT2D eigenvalue weighted by molar-refractivity contribution is 5.80. The second kappa shape index (κ2) is 11.2. The summed E-state index contributed by atoms with van der Waals surface area (Å²) in [5.74, 6) is -0.583. The Labute approximate surface area is 177 Å². The number of piperazine rings is 1. The molecule has 0 atom stereocenters. The molecule has 0 bridgehead atoms. The van der Waals surface area contributed by atoms with Gasteiger partial charge in [0.05, 0.1) is 6.54 Å². The van der Waals surface area contributed by atoms with Crippen LogP contribution in [0.15, 0.2) is 23.2 Å². The zero-order valence-electron chi connectivity index (χ0n) is 17.9. The van der Waals surface area contributed by atoms with Gasteiger partial charge in [-0.2, -0.15) is 0 Å². The molecule has 2 aliphatic heterocycles. The van der Waals surface area contributed by atoms with E-state index in [1.54, 1.807) is 6.07 Å². The Morgan fingerprint density at radius 2 is 1.77 bits per heavy atom. The number of benzene rings is 1. The predicted molar refractivity (Wildman–Crippen MR) is 114 cm³/mol. The summed E-state index contributed by atoms with van der Waals surface area (Å²) in [5, 5.41) is 3.29. The molecule has 2 fully saturated rings. The Bertz CT molecular complexity index is 728. The molecule has 1 amide bonds. The Hall–Kier alpha value is -2.22. The number of hydrogen-bond donors (Lipinski definition) is 1. The SMILES string of the molecule is CCNC(=NCCc1cccc(F)c1F)N1CCN(CC(=O)N2CCCCC2)CC1. The van der Waals surface area contributed by atoms with Gasteiger partial charge in [-0.25, -0.2) is 8.78 Å². The molecule has 1 aromatic rings. The molecular formula is C22H33F2N5O. The normalized spacial score (nSPS) is 18.6. The average molecular weight is 422 g/mol. The summed E-state index contributed by atoms with van der Waals surface area (Å²) in [5.41, 5.74) is 0.343. The van der Waals surface area contributed by atoms with E-state index in [9.17, 15) is 13.6 Å². The lowest BCUT2D eigenvalue weighted by atomic mass is 10.1. The first-order valence-electron chi connectivity index (χ1n) is 11.0. The first-order chi connectivity index (χ1) is 14.6. The smallest absolute Gasteiger partial charge is 0.236 e. The first kappa shape index (κ1) is 22.5. The third-order valence-corrected chi connectivity index (χ3v) is 5.75. The number of nitrogens with one attached hydrogen (secondary N) is 1. The molecule has 0 saturated carbocycles. The molecule has 0 radical (unpaired) electrons. The van der Waals surface area contributed by atoms with E-state index in [2.05, 4.69) is 20.1 Å². The van der Waals surface area contributed by atoms with Gasteiger partial charge >= 0.3 is 0 Å². The molecule has 1 N–H and O–H groups in total. The van der Waals surface area contributed by atoms with Crippen molar-refractivity contribution >= 4 is 11.9 Å². The first-order valence-corrected chi connectivity index (χ1v) is 11.0. The molecule has 0 aliphatic carbocycles. The van der Waals surface area contributed by atoms with Crippen molar-refractivity contribution < 1.29 is 13.6 Å². The van der Waals surface area contributed by atoms with Gasteiger partial charge < -0.3 is 15.1 Å². The number of nitrogens with zero attached hydrogens (tertiary/aromatic N) is 4. The number of amides is 1. The van der Waals surface area contributed by atoms with Crippen LogP contribution in [-0.4, -0.2) is 85.5 Å². The van der Waals surface area contributed by atoms with Gasteiger partial charge in [0, 0.05) is 52.4 Å². The van der Waals surface area contributed by atoms with Gasteiger partial charge in [-0.1, -0.05) is 12.1 Å². The van der Waals surface area contributed by atoms with Crippen LogP contribution in [0.1, 0.15) is 31.7 Å². The highest BCUT2D eigenvalue weighted by Gasteiger charge is 2.24. The van der Waals surface area contributed by atoms with Crippen molar-refractivity contribution in [1.29, 1.82) is 0 Å². The molecule has 6 nitrogen and oxygen atoms in total. The molecule has 2 heterocycles. The minimum Gasteiger partial charge on any atom is -0.357 e. The summed E-state index contributed by atoms with van der Waals surface area (Å²) in [7, 11) is 0. The van der Waals surface area contributed by atoms with Crippen LogP contribution in [0.3, 0.4) is 0 Å². The lowest BCUT2D eigenvalue weighted by Crippen LogP contribution is -2.54. The van der Waals surface area contributed by atoms with Gasteiger partial charge in [0.1, 0.15) is 0 Å². The van der Waals surface area contributed by atoms with Gasteiger partial charge in [-0.15, -0.1) is 0 Å². The molecule has 0 unspecified atom stereocenters. The van der Waals surface area contributed by atoms with Crippen LogP contribution >= 0.6 is 0 Å². The molecular weight excluding hydrogens is 388 g/mol. The standard InChI is InChI=1S/C22H33F2N5O/c1-2-25-22(26-10-9-18-7-6-8-19(23)21(18)24)29-15-13-27(14-16-29)17-20(30)28-11-4-3-5-12-28/h6-8H,2-5,9-17H2,1H3,(H,25,26). The summed E-state index contributed by atoms with van der Waals surface area (Å²) in [4.78, 5) is 23.5. The van der Waals surface area contributed by atoms with Crippen molar-refractivity contribution in [2.45, 2.75) is 32.6 Å². The minimum atomic E-state index is -0.821. The molecule has 2 aliphatic rings. The zero-order valence-corrected chi connectivity index (χ0v) is 17.9. The van der Waals surface area contributed by atoms with Crippen LogP contribution < -0.4 is 5.32 Å². The van der Waals surface area contributed by atoms with Crippen LogP contribution in [0.5, 0.6) is 0 Å². The number of piperidine rings is 1. The number of carbonyl (C=O) groups excluding carboxylic acids is 1. The maximum absolute atomic E-state index is 13.8. The molecule has 30 heavy (non-hydrogen) atoms. The maximum Gasteiger partial charge on any atom is 0.236 e. The fourth-order valence-corrected chi connectivity index (χ4v) is 4.00. The largest absolute Gasteiger partial charge is 0.357 e. The Kier molecular flexibility index (Phi) is 8.42. The van der Waals surface area contributed by atoms with E-state index in [1.165, 1.54) is 12.5 Å². The summed E-state index contributed by atoms with van der Waals surface area (Å²) >= 11 is 0. The average Bonchev–Trinajstić information content (AvgIpc) is 2.77. The third kappa shape index (κ3) is 6.14. The van der Waals surface area contributed by atoms with E-state index in [4.69, 9.17) is 0 Å². The molecule has 0 spiro atoms. The highest BCUT2D eigenvalue weighted by Crippen LogP contribution is 2.13. The molecule has 0 aromatic heterocycles. The van der Waals surface area contributed by atoms with Crippen LogP contribution in [0.25, 0.3) is 0 Å². The zero-order chi connectivity index (χ0) is 21.3. The Morgan fingerprint density at radius 1 is 1.03 bits per heavy atom. The van der Waals surface area contributed by atoms with Crippen molar-refractivity contribution in [2.24, 2.45) is 4.99 Å². The van der Waals surface area contributed by atoms with E-state index in [0.29, 0.717) is 25.1 Å². The van der Waals surface area contributed by atoms with E-state index >= 15 is 0 Å². The van der Waals surface area contributed by atoms with Gasteiger partial charge in [0.25, 0.3) is 0 Å². The Morgan fingerprint density at radius 3 is 2.47 bits per heavy atom. The van der Waals surface area contributed by atoms with Crippen molar-refractivity contribution in [3.8, 4) is 0 Å². The Balaban J connectivity index is 1.49. The number of rotatable bonds is 6. The number of hydrogen-bond acceptors (Lipinski definition) is 3. The summed E-state index contributed by atoms with van der Waals surface area (Å²) in [6.07, 6.45) is 3.80. The van der Waals surface area contributed by atoms with E-state index in [0.717, 1.165) is 70.7 Å². The van der Waals surface area contributed by atoms with E-state index in [-0.39, 0.29) is 5.91 Å². The molecule has 2 saturated heterocycles. The quantitative estimate of drug-likeness (QED) is 0.565. The predicted octanol–water partition coefficient (Wildman–Crippen LogP) is 2.10. The number of aliphatic imine (C=N–C) groups is 1. The van der Waals surface area contributed by atoms with Gasteiger partial charge in [0.15, 0.2) is 17.6 Å². The van der Waals surface area contributed by atoms with E-state index < -0.39 is 11.6 Å². The lowest BCUT2D eigenvalue weighted by molar-refractivity contribution is -0.133. The van der Waals surface area contributed by atoms with Crippen LogP contribution in [-0.2, 0) is 11.2 Å². The number of guanidine groups is 1. The monoisotopic (exact) mass is 421 g/mol. The summed E-state index contributed by atoms with van der Waals surface area (Å²) in [6.45, 7) is 8.59. The van der Waals surface area contributed by atoms with Gasteiger partial charge in [-0.05, 0) is 44.2 Å². The second-order valence-corrected chi connectivity index (χ2v) is 7.90. The maximum atomic E-state index is 13.8. The fourth-order valence-electron chi connectivity index (χ4n) is 4.00. The second-order valence-electron chi connectivity index (χ2n) is 7.90. The number of carbonyl (C=O) groups is 1. The van der Waals surface area contributed by atoms with Crippen molar-refractivity contribution in [3.63, 3.8) is 0 Å². The lowest BCUT2D eigenvalue weighted by Gasteiger charge is -2.37. The van der Waals surface area contributed by atoms with Crippen LogP contribution in [0.4, 0.5) is 8.78 Å². The van der Waals surface area contributed by atoms with Crippen molar-refractivity contribution in [3.05, 3.63) is 35.4 Å². The van der Waals surface area contributed by atoms with Crippen LogP contribution in [0, 0.1) is 11.6 Å². The minimum absolute atomic E-state index is 0.237. The van der Waals surface area contributed by atoms with E-state index in [1.807, 2.05) is 11.8 Å². The number of halogens is 2. The fraction of sp³-hybridized carbons (Fsp3) is 0.636. The summed E-state index contributed by atoms with van der Waals surface area (Å²) < 4.78 is 27.2. The van der Waals surface area contributed by atoms with Crippen molar-refractivity contribution in [2.75, 3.05) is 58.9 Å². The van der Waals surface area contributed by atoms with Gasteiger partial charge in [0.2, 0.25) is 5.91 Å². The molecule has 8 heteroatoms. The van der Waals surface area contributed by atoms with Crippen molar-refractivity contribution in [1.82, 2.24) is 20.0 Å². The number of likely N-dealkylation sites (tertiary alicyclic amines) is 1. The topological polar surface area (TPSA) is 51.2 Å². The van der Waals surface area contributed by atoms with Crippen LogP contribution in [0.2, 0.25) is 0 Å². The molecule has 3 rings (SSSR count). The highest BCUT2D eigenvalue weighted by atomic mass is 19.2. The molecule has 166 valence electrons. The molecule has 1 aromatic carbocycles. The van der Waals surface area contributed by atoms with Gasteiger partial charge in [-0.3, -0.25) is 14.7 Å². The summed E-state index contributed by atoms with van der Waals surface area (Å²) in [6, 6.07) is 4.24.